The molecular formula is C13H32N2O7. The molecule has 0 saturated heterocycles. The quantitative estimate of drug-likeness (QED) is 0.361. The summed E-state index contributed by atoms with van der Waals surface area (Å²) < 4.78 is 1.36. The van der Waals surface area contributed by atoms with Crippen LogP contribution in [0.25, 0.3) is 0 Å². The molecule has 9 heteroatoms. The van der Waals surface area contributed by atoms with Crippen LogP contribution >= 0.6 is 0 Å². The van der Waals surface area contributed by atoms with Gasteiger partial charge in [0.2, 0.25) is 0 Å². The SMILES string of the molecule is C[N+](C)(C)CC(O)CO.C[N+](C)(C)CC(O)CO.O=C([O-])[O-]. The molecule has 0 radical (unpaired) electrons. The number of carbonyl (C=O) groups is 1. The van der Waals surface area contributed by atoms with Crippen molar-refractivity contribution in [3.63, 3.8) is 0 Å². The minimum absolute atomic E-state index is 0.143. The van der Waals surface area contributed by atoms with Crippen molar-refractivity contribution in [1.29, 1.82) is 0 Å². The number of hydrogen-bond donors (Lipinski definition) is 4. The lowest BCUT2D eigenvalue weighted by Gasteiger charge is -2.25. The van der Waals surface area contributed by atoms with Gasteiger partial charge in [-0.1, -0.05) is 0 Å². The number of likely N-dealkylation sites (N-methyl/N-ethyl adjacent to an activating group) is 2. The van der Waals surface area contributed by atoms with E-state index in [1.54, 1.807) is 0 Å². The Morgan fingerprint density at radius 3 is 1.05 bits per heavy atom. The highest BCUT2D eigenvalue weighted by Crippen LogP contribution is 1.93. The maximum Gasteiger partial charge on any atom is 0.126 e. The molecule has 9 nitrogen and oxygen atoms in total. The van der Waals surface area contributed by atoms with Gasteiger partial charge in [-0.2, -0.15) is 0 Å². The number of nitrogens with zero attached hydrogens (tertiary/aromatic N) is 2. The van der Waals surface area contributed by atoms with E-state index in [2.05, 4.69) is 0 Å². The molecule has 2 atom stereocenters. The lowest BCUT2D eigenvalue weighted by Crippen LogP contribution is -2.42. The van der Waals surface area contributed by atoms with Gasteiger partial charge >= 0.3 is 0 Å². The molecule has 0 fully saturated rings. The van der Waals surface area contributed by atoms with E-state index in [1.165, 1.54) is 0 Å². The first-order valence-electron chi connectivity index (χ1n) is 6.71. The second kappa shape index (κ2) is 12.6. The monoisotopic (exact) mass is 328 g/mol. The Kier molecular flexibility index (Phi) is 14.8. The molecule has 0 aromatic rings. The minimum Gasteiger partial charge on any atom is -0.652 e. The molecular weight excluding hydrogens is 296 g/mol. The Balaban J connectivity index is -0.000000266. The number of aliphatic hydroxyl groups excluding tert-OH is 4. The summed E-state index contributed by atoms with van der Waals surface area (Å²) >= 11 is 0. The number of quaternary nitrogens is 2. The van der Waals surface area contributed by atoms with Gasteiger partial charge in [0.05, 0.1) is 55.5 Å². The van der Waals surface area contributed by atoms with Crippen LogP contribution in [-0.4, -0.2) is 116 Å². The van der Waals surface area contributed by atoms with E-state index in [0.29, 0.717) is 22.1 Å². The van der Waals surface area contributed by atoms with Crippen molar-refractivity contribution in [1.82, 2.24) is 0 Å². The molecule has 0 aliphatic heterocycles. The van der Waals surface area contributed by atoms with Crippen LogP contribution in [0, 0.1) is 0 Å². The van der Waals surface area contributed by atoms with Gasteiger partial charge in [-0.05, 0) is 6.16 Å². The first-order chi connectivity index (χ1) is 9.64. The summed E-state index contributed by atoms with van der Waals surface area (Å²) in [6.07, 6.45) is -3.49. The summed E-state index contributed by atoms with van der Waals surface area (Å²) in [6, 6.07) is 0. The molecule has 0 bridgehead atoms. The van der Waals surface area contributed by atoms with Crippen LogP contribution in [0.2, 0.25) is 0 Å². The molecule has 0 rings (SSSR count). The number of carbonyl (C=O) groups excluding carboxylic acids is 1. The van der Waals surface area contributed by atoms with Crippen molar-refractivity contribution in [3.05, 3.63) is 0 Å². The topological polar surface area (TPSA) is 144 Å². The smallest absolute Gasteiger partial charge is 0.126 e. The molecule has 136 valence electrons. The Morgan fingerprint density at radius 1 is 0.818 bits per heavy atom. The number of carboxylic acid groups (broad SMARTS) is 2. The average molecular weight is 328 g/mol. The highest BCUT2D eigenvalue weighted by Gasteiger charge is 2.13. The average Bonchev–Trinajstić information content (AvgIpc) is 2.24. The van der Waals surface area contributed by atoms with Gasteiger partial charge < -0.3 is 44.4 Å². The molecule has 2 unspecified atom stereocenters. The first-order valence-corrected chi connectivity index (χ1v) is 6.71. The summed E-state index contributed by atoms with van der Waals surface area (Å²) in [7, 11) is 11.8. The minimum atomic E-state index is -2.33. The van der Waals surface area contributed by atoms with Gasteiger partial charge in [0.1, 0.15) is 25.3 Å². The molecule has 0 aliphatic rings. The summed E-state index contributed by atoms with van der Waals surface area (Å²) in [5.74, 6) is 0. The zero-order valence-electron chi connectivity index (χ0n) is 14.4. The molecule has 0 amide bonds. The van der Waals surface area contributed by atoms with Crippen LogP contribution in [0.1, 0.15) is 0 Å². The molecule has 22 heavy (non-hydrogen) atoms. The van der Waals surface area contributed by atoms with Gasteiger partial charge in [-0.25, -0.2) is 0 Å². The van der Waals surface area contributed by atoms with E-state index in [9.17, 15) is 0 Å². The van der Waals surface area contributed by atoms with Crippen molar-refractivity contribution in [2.75, 3.05) is 68.6 Å². The molecule has 0 spiro atoms. The Bertz CT molecular complexity index is 249. The van der Waals surface area contributed by atoms with Gasteiger partial charge in [-0.15, -0.1) is 0 Å². The number of hydrogen-bond acceptors (Lipinski definition) is 7. The second-order valence-electron chi connectivity index (χ2n) is 6.87. The van der Waals surface area contributed by atoms with Crippen LogP contribution < -0.4 is 10.2 Å². The maximum atomic E-state index is 8.93. The highest BCUT2D eigenvalue weighted by atomic mass is 16.6. The van der Waals surface area contributed by atoms with Crippen molar-refractivity contribution < 1.29 is 44.4 Å². The Morgan fingerprint density at radius 2 is 1.00 bits per heavy atom. The van der Waals surface area contributed by atoms with Crippen molar-refractivity contribution in [2.45, 2.75) is 12.2 Å². The number of rotatable bonds is 6. The largest absolute Gasteiger partial charge is 0.652 e. The normalized spacial score (nSPS) is 13.9. The van der Waals surface area contributed by atoms with Crippen molar-refractivity contribution >= 4 is 6.16 Å². The standard InChI is InChI=1S/2C6H16NO2.CH2O3/c2*1-7(2,3)4-6(9)5-8;2-1(3)4/h2*6,8-9H,4-5H2,1-3H3;(H2,2,3,4)/q2*+1;/p-2. The fourth-order valence-electron chi connectivity index (χ4n) is 1.38. The molecule has 0 aromatic carbocycles. The second-order valence-corrected chi connectivity index (χ2v) is 6.87. The van der Waals surface area contributed by atoms with Crippen LogP contribution in [0.4, 0.5) is 4.79 Å². The molecule has 0 saturated carbocycles. The third kappa shape index (κ3) is 36.4. The Hall–Kier alpha value is -0.970. The van der Waals surface area contributed by atoms with Gasteiger partial charge in [0.15, 0.2) is 0 Å². The highest BCUT2D eigenvalue weighted by molar-refractivity contribution is 5.47. The van der Waals surface area contributed by atoms with E-state index in [-0.39, 0.29) is 13.2 Å². The summed E-state index contributed by atoms with van der Waals surface area (Å²) in [5, 5.41) is 51.4. The Labute approximate surface area is 132 Å². The maximum absolute atomic E-state index is 8.93. The van der Waals surface area contributed by atoms with E-state index in [1.807, 2.05) is 42.3 Å². The fraction of sp³-hybridized carbons (Fsp3) is 0.923. The van der Waals surface area contributed by atoms with Gasteiger partial charge in [-0.3, -0.25) is 0 Å². The third-order valence-corrected chi connectivity index (χ3v) is 1.94. The van der Waals surface area contributed by atoms with E-state index < -0.39 is 18.4 Å². The lowest BCUT2D eigenvalue weighted by atomic mass is 10.3. The van der Waals surface area contributed by atoms with Crippen molar-refractivity contribution in [3.8, 4) is 0 Å². The summed E-state index contributed by atoms with van der Waals surface area (Å²) in [5.41, 5.74) is 0. The lowest BCUT2D eigenvalue weighted by molar-refractivity contribution is -0.873. The third-order valence-electron chi connectivity index (χ3n) is 1.94. The van der Waals surface area contributed by atoms with Gasteiger partial charge in [0, 0.05) is 0 Å². The van der Waals surface area contributed by atoms with Crippen LogP contribution in [-0.2, 0) is 0 Å². The number of aliphatic hydroxyl groups is 4. The van der Waals surface area contributed by atoms with E-state index in [4.69, 9.17) is 35.4 Å². The molecule has 0 heterocycles. The zero-order valence-corrected chi connectivity index (χ0v) is 14.4. The zero-order chi connectivity index (χ0) is 18.6. The first kappa shape index (κ1) is 26.0. The van der Waals surface area contributed by atoms with Gasteiger partial charge in [0.25, 0.3) is 0 Å². The fourth-order valence-corrected chi connectivity index (χ4v) is 1.38. The molecule has 0 aromatic heterocycles. The molecule has 0 aliphatic carbocycles. The van der Waals surface area contributed by atoms with E-state index >= 15 is 0 Å². The predicted octanol–water partition coefficient (Wildman–Crippen LogP) is -4.36. The van der Waals surface area contributed by atoms with Crippen LogP contribution in [0.15, 0.2) is 0 Å². The summed E-state index contributed by atoms with van der Waals surface area (Å²) in [4.78, 5) is 8.33. The van der Waals surface area contributed by atoms with E-state index in [0.717, 1.165) is 0 Å². The van der Waals surface area contributed by atoms with Crippen LogP contribution in [0.3, 0.4) is 0 Å². The van der Waals surface area contributed by atoms with Crippen LogP contribution in [0.5, 0.6) is 0 Å². The van der Waals surface area contributed by atoms with Crippen molar-refractivity contribution in [2.24, 2.45) is 0 Å². The predicted molar refractivity (Wildman–Crippen MR) is 77.4 cm³/mol. The molecule has 4 N–H and O–H groups in total. The summed E-state index contributed by atoms with van der Waals surface area (Å²) in [6.45, 7) is 0.901.